The van der Waals surface area contributed by atoms with Crippen molar-refractivity contribution in [1.82, 2.24) is 5.32 Å². The molecule has 2 amide bonds. The summed E-state index contributed by atoms with van der Waals surface area (Å²) in [5.74, 6) is -2.83. The molecule has 2 atom stereocenters. The lowest BCUT2D eigenvalue weighted by Crippen LogP contribution is -2.50. The Morgan fingerprint density at radius 2 is 1.68 bits per heavy atom. The van der Waals surface area contributed by atoms with E-state index in [4.69, 9.17) is 27.9 Å². The van der Waals surface area contributed by atoms with Crippen LogP contribution in [-0.4, -0.2) is 48.1 Å². The molecule has 1 aliphatic rings. The number of anilines is 1. The summed E-state index contributed by atoms with van der Waals surface area (Å²) in [6, 6.07) is 16.1. The Balaban J connectivity index is 1.56. The molecule has 1 unspecified atom stereocenters. The van der Waals surface area contributed by atoms with Crippen molar-refractivity contribution < 1.29 is 29.0 Å². The molecule has 0 radical (unpaired) electrons. The number of amides is 2. The first-order chi connectivity index (χ1) is 17.7. The maximum absolute atomic E-state index is 13.3. The molecule has 0 saturated carbocycles. The summed E-state index contributed by atoms with van der Waals surface area (Å²) in [7, 11) is 1.27. The number of carboxylic acid groups (broad SMARTS) is 1. The molecule has 190 valence electrons. The van der Waals surface area contributed by atoms with Gasteiger partial charge in [0, 0.05) is 24.1 Å². The van der Waals surface area contributed by atoms with Crippen molar-refractivity contribution in [3.05, 3.63) is 99.0 Å². The summed E-state index contributed by atoms with van der Waals surface area (Å²) < 4.78 is 4.94. The van der Waals surface area contributed by atoms with E-state index in [9.17, 15) is 24.3 Å². The van der Waals surface area contributed by atoms with Gasteiger partial charge in [-0.05, 0) is 41.5 Å². The highest BCUT2D eigenvalue weighted by Gasteiger charge is 2.38. The lowest BCUT2D eigenvalue weighted by Gasteiger charge is -2.35. The molecule has 8 nitrogen and oxygen atoms in total. The number of methoxy groups -OCH3 is 1. The van der Waals surface area contributed by atoms with E-state index in [2.05, 4.69) is 5.32 Å². The molecule has 0 aliphatic carbocycles. The Labute approximate surface area is 222 Å². The molecule has 0 aromatic heterocycles. The minimum Gasteiger partial charge on any atom is -0.480 e. The lowest BCUT2D eigenvalue weighted by molar-refractivity contribution is -0.142. The van der Waals surface area contributed by atoms with E-state index in [1.807, 2.05) is 6.07 Å². The largest absolute Gasteiger partial charge is 0.480 e. The van der Waals surface area contributed by atoms with Gasteiger partial charge in [-0.2, -0.15) is 0 Å². The maximum Gasteiger partial charge on any atom is 0.329 e. The fraction of sp³-hybridized carbons (Fsp3) is 0.185. The van der Waals surface area contributed by atoms with Crippen LogP contribution in [0.5, 0.6) is 0 Å². The van der Waals surface area contributed by atoms with Gasteiger partial charge < -0.3 is 15.2 Å². The Kier molecular flexibility index (Phi) is 7.80. The Morgan fingerprint density at radius 3 is 2.30 bits per heavy atom. The zero-order valence-electron chi connectivity index (χ0n) is 19.6. The van der Waals surface area contributed by atoms with Gasteiger partial charge in [-0.15, -0.1) is 0 Å². The van der Waals surface area contributed by atoms with Crippen LogP contribution in [0.15, 0.2) is 66.7 Å². The van der Waals surface area contributed by atoms with Crippen LogP contribution in [-0.2, 0) is 27.2 Å². The van der Waals surface area contributed by atoms with Gasteiger partial charge in [0.05, 0.1) is 22.7 Å². The molecule has 3 aromatic rings. The molecular weight excluding hydrogens is 519 g/mol. The van der Waals surface area contributed by atoms with E-state index in [1.165, 1.54) is 24.1 Å². The van der Waals surface area contributed by atoms with Crippen LogP contribution in [0.25, 0.3) is 0 Å². The number of rotatable bonds is 7. The van der Waals surface area contributed by atoms with Crippen molar-refractivity contribution in [2.24, 2.45) is 0 Å². The molecule has 0 spiro atoms. The number of carbonyl (C=O) groups excluding carboxylic acids is 3. The summed E-state index contributed by atoms with van der Waals surface area (Å²) in [5.41, 5.74) is 2.29. The van der Waals surface area contributed by atoms with Gasteiger partial charge >= 0.3 is 11.9 Å². The molecular formula is C27H22Cl2N2O6. The summed E-state index contributed by atoms with van der Waals surface area (Å²) in [4.78, 5) is 51.8. The number of hydrogen-bond acceptors (Lipinski definition) is 5. The third-order valence-corrected chi connectivity index (χ3v) is 6.74. The number of esters is 1. The third kappa shape index (κ3) is 5.45. The van der Waals surface area contributed by atoms with Crippen molar-refractivity contribution in [1.29, 1.82) is 0 Å². The maximum atomic E-state index is 13.3. The molecule has 10 heteroatoms. The van der Waals surface area contributed by atoms with E-state index in [1.54, 1.807) is 48.5 Å². The van der Waals surface area contributed by atoms with Gasteiger partial charge in [0.25, 0.3) is 11.8 Å². The van der Waals surface area contributed by atoms with E-state index >= 15 is 0 Å². The molecule has 1 heterocycles. The minimum atomic E-state index is -1.27. The van der Waals surface area contributed by atoms with Gasteiger partial charge in [0.2, 0.25) is 0 Å². The number of hydrogen-bond donors (Lipinski definition) is 2. The lowest BCUT2D eigenvalue weighted by atomic mass is 9.92. The Bertz CT molecular complexity index is 1360. The average Bonchev–Trinajstić information content (AvgIpc) is 2.88. The predicted octanol–water partition coefficient (Wildman–Crippen LogP) is 4.16. The number of aliphatic carboxylic acids is 1. The van der Waals surface area contributed by atoms with Gasteiger partial charge in [-0.3, -0.25) is 14.5 Å². The highest BCUT2D eigenvalue weighted by atomic mass is 35.5. The van der Waals surface area contributed by atoms with Gasteiger partial charge in [-0.25, -0.2) is 9.59 Å². The number of nitrogens with one attached hydrogen (secondary N) is 1. The van der Waals surface area contributed by atoms with Gasteiger partial charge in [0.15, 0.2) is 0 Å². The fourth-order valence-corrected chi connectivity index (χ4v) is 4.84. The van der Waals surface area contributed by atoms with Crippen molar-refractivity contribution >= 4 is 52.6 Å². The van der Waals surface area contributed by atoms with Crippen LogP contribution in [0.1, 0.15) is 31.8 Å². The van der Waals surface area contributed by atoms with Crippen LogP contribution in [0.3, 0.4) is 0 Å². The van der Waals surface area contributed by atoms with Crippen LogP contribution in [0, 0.1) is 0 Å². The first-order valence-electron chi connectivity index (χ1n) is 11.3. The van der Waals surface area contributed by atoms with Gasteiger partial charge in [-0.1, -0.05) is 59.6 Å². The molecule has 2 N–H and O–H groups in total. The summed E-state index contributed by atoms with van der Waals surface area (Å²) in [6.07, 6.45) is 0.259. The monoisotopic (exact) mass is 540 g/mol. The SMILES string of the molecule is COC(=O)C1Cc2ccccc2C(=O)N1c1ccc(C[C@H](NC(=O)c2c(Cl)cccc2Cl)C(=O)O)cc1. The van der Waals surface area contributed by atoms with E-state index in [0.29, 0.717) is 23.2 Å². The zero-order valence-corrected chi connectivity index (χ0v) is 21.1. The standard InChI is InChI=1S/C27H22Cl2N2O6/c1-37-27(36)22-14-16-5-2-3-6-18(16)25(33)31(22)17-11-9-15(10-12-17)13-21(26(34)35)30-24(32)23-19(28)7-4-8-20(23)29/h2-12,21-22H,13-14H2,1H3,(H,30,32)(H,34,35)/t21-,22?/m0/s1. The summed E-state index contributed by atoms with van der Waals surface area (Å²) >= 11 is 12.1. The smallest absolute Gasteiger partial charge is 0.329 e. The normalized spacial score (nSPS) is 15.5. The summed E-state index contributed by atoms with van der Waals surface area (Å²) in [6.45, 7) is 0. The number of halogens is 2. The molecule has 4 rings (SSSR count). The first-order valence-corrected chi connectivity index (χ1v) is 12.0. The molecule has 1 aliphatic heterocycles. The Hall–Kier alpha value is -3.88. The van der Waals surface area contributed by atoms with E-state index in [0.717, 1.165) is 5.56 Å². The van der Waals surface area contributed by atoms with Crippen LogP contribution < -0.4 is 10.2 Å². The van der Waals surface area contributed by atoms with E-state index < -0.39 is 29.9 Å². The van der Waals surface area contributed by atoms with E-state index in [-0.39, 0.29) is 27.9 Å². The first kappa shape index (κ1) is 26.2. The Morgan fingerprint density at radius 1 is 1.03 bits per heavy atom. The van der Waals surface area contributed by atoms with Crippen molar-refractivity contribution in [3.8, 4) is 0 Å². The van der Waals surface area contributed by atoms with Crippen molar-refractivity contribution in [3.63, 3.8) is 0 Å². The predicted molar refractivity (Wildman–Crippen MR) is 138 cm³/mol. The second-order valence-electron chi connectivity index (χ2n) is 8.41. The molecule has 0 saturated heterocycles. The number of nitrogens with zero attached hydrogens (tertiary/aromatic N) is 1. The van der Waals surface area contributed by atoms with Gasteiger partial charge in [0.1, 0.15) is 12.1 Å². The fourth-order valence-electron chi connectivity index (χ4n) is 4.27. The van der Waals surface area contributed by atoms with Crippen molar-refractivity contribution in [2.75, 3.05) is 12.0 Å². The van der Waals surface area contributed by atoms with Crippen molar-refractivity contribution in [2.45, 2.75) is 24.9 Å². The van der Waals surface area contributed by atoms with Crippen LogP contribution in [0.2, 0.25) is 10.0 Å². The molecule has 3 aromatic carbocycles. The number of benzene rings is 3. The number of ether oxygens (including phenoxy) is 1. The topological polar surface area (TPSA) is 113 Å². The number of carboxylic acids is 1. The molecule has 0 bridgehead atoms. The zero-order chi connectivity index (χ0) is 26.7. The number of fused-ring (bicyclic) bond motifs is 1. The average molecular weight is 541 g/mol. The highest BCUT2D eigenvalue weighted by molar-refractivity contribution is 6.39. The summed E-state index contributed by atoms with van der Waals surface area (Å²) in [5, 5.41) is 12.4. The van der Waals surface area contributed by atoms with Crippen LogP contribution in [0.4, 0.5) is 5.69 Å². The molecule has 37 heavy (non-hydrogen) atoms. The molecule has 0 fully saturated rings. The third-order valence-electron chi connectivity index (χ3n) is 6.11. The van der Waals surface area contributed by atoms with Crippen LogP contribution >= 0.6 is 23.2 Å². The highest BCUT2D eigenvalue weighted by Crippen LogP contribution is 2.30. The second kappa shape index (κ2) is 11.0. The quantitative estimate of drug-likeness (QED) is 0.435. The minimum absolute atomic E-state index is 0.00910. The number of carbonyl (C=O) groups is 4. The second-order valence-corrected chi connectivity index (χ2v) is 9.22.